The molecule has 5 rings (SSSR count). The first-order valence-electron chi connectivity index (χ1n) is 8.32. The highest BCUT2D eigenvalue weighted by molar-refractivity contribution is 6.55. The van der Waals surface area contributed by atoms with Gasteiger partial charge in [-0.2, -0.15) is 0 Å². The topological polar surface area (TPSA) is 45.2 Å². The summed E-state index contributed by atoms with van der Waals surface area (Å²) in [5.74, 6) is -0.382. The predicted octanol–water partition coefficient (Wildman–Crippen LogP) is 5.29. The van der Waals surface area contributed by atoms with E-state index in [0.29, 0.717) is 22.5 Å². The van der Waals surface area contributed by atoms with Crippen LogP contribution in [0, 0.1) is 5.82 Å². The molecule has 26 heavy (non-hydrogen) atoms. The first kappa shape index (κ1) is 14.8. The predicted molar refractivity (Wildman–Crippen MR) is 101 cm³/mol. The molecule has 1 aliphatic heterocycles. The molecule has 0 fully saturated rings. The number of halogens is 1. The number of aromatic amines is 1. The molecule has 1 N–H and O–H groups in total. The van der Waals surface area contributed by atoms with Crippen molar-refractivity contribution in [2.24, 2.45) is 4.99 Å². The number of aromatic nitrogens is 1. The van der Waals surface area contributed by atoms with Crippen LogP contribution in [0.1, 0.15) is 15.9 Å². The third kappa shape index (κ3) is 2.05. The first-order chi connectivity index (χ1) is 12.7. The highest BCUT2D eigenvalue weighted by atomic mass is 19.1. The van der Waals surface area contributed by atoms with Gasteiger partial charge in [0, 0.05) is 28.3 Å². The van der Waals surface area contributed by atoms with Crippen molar-refractivity contribution in [3.05, 3.63) is 89.9 Å². The number of H-pyrrole nitrogens is 1. The Kier molecular flexibility index (Phi) is 3.12. The van der Waals surface area contributed by atoms with Gasteiger partial charge in [-0.25, -0.2) is 9.38 Å². The molecule has 0 spiro atoms. The number of carbonyl (C=O) groups is 1. The number of Topliss-reactive ketones (excluding diaryl/α,β-unsaturated/α-hetero) is 1. The van der Waals surface area contributed by atoms with Crippen molar-refractivity contribution < 1.29 is 9.18 Å². The van der Waals surface area contributed by atoms with Crippen LogP contribution in [0.5, 0.6) is 0 Å². The van der Waals surface area contributed by atoms with Crippen molar-refractivity contribution in [2.45, 2.75) is 0 Å². The first-order valence-corrected chi connectivity index (χ1v) is 8.32. The lowest BCUT2D eigenvalue weighted by atomic mass is 9.94. The smallest absolute Gasteiger partial charge is 0.214 e. The molecule has 0 amide bonds. The molecule has 0 unspecified atom stereocenters. The monoisotopic (exact) mass is 340 g/mol. The Bertz CT molecular complexity index is 1220. The van der Waals surface area contributed by atoms with E-state index in [2.05, 4.69) is 9.98 Å². The fraction of sp³-hybridized carbons (Fsp3) is 0. The molecule has 4 aromatic rings. The van der Waals surface area contributed by atoms with Crippen LogP contribution in [0.3, 0.4) is 0 Å². The lowest BCUT2D eigenvalue weighted by Crippen LogP contribution is -2.12. The van der Waals surface area contributed by atoms with Crippen molar-refractivity contribution in [3.63, 3.8) is 0 Å². The molecule has 1 aromatic heterocycles. The Hall–Kier alpha value is -3.53. The van der Waals surface area contributed by atoms with E-state index in [1.54, 1.807) is 18.3 Å². The van der Waals surface area contributed by atoms with Gasteiger partial charge in [0.25, 0.3) is 0 Å². The van der Waals surface area contributed by atoms with Crippen LogP contribution >= 0.6 is 0 Å². The molecule has 0 bridgehead atoms. The van der Waals surface area contributed by atoms with Crippen molar-refractivity contribution in [1.82, 2.24) is 4.98 Å². The molecule has 4 heteroatoms. The van der Waals surface area contributed by atoms with Crippen LogP contribution < -0.4 is 0 Å². The maximum absolute atomic E-state index is 14.0. The number of hydrogen-bond donors (Lipinski definition) is 1. The van der Waals surface area contributed by atoms with Crippen molar-refractivity contribution in [1.29, 1.82) is 0 Å². The zero-order valence-electron chi connectivity index (χ0n) is 13.7. The second-order valence-corrected chi connectivity index (χ2v) is 6.22. The Morgan fingerprint density at radius 3 is 2.31 bits per heavy atom. The third-order valence-electron chi connectivity index (χ3n) is 4.73. The molecule has 3 aromatic carbocycles. The standard InChI is InChI=1S/C22H13FN2O/c23-18-10-5-9-15-17(12-24-20(15)18)13-6-1-2-7-14(13)21-22(26)16-8-3-4-11-19(16)25-21/h1-12,24H. The van der Waals surface area contributed by atoms with Crippen molar-refractivity contribution in [3.8, 4) is 11.1 Å². The van der Waals surface area contributed by atoms with Gasteiger partial charge >= 0.3 is 0 Å². The number of nitrogens with zero attached hydrogens (tertiary/aromatic N) is 1. The Labute approximate surface area is 148 Å². The Morgan fingerprint density at radius 2 is 1.50 bits per heavy atom. The summed E-state index contributed by atoms with van der Waals surface area (Å²) in [5, 5.41) is 0.779. The largest absolute Gasteiger partial charge is 0.358 e. The number of ketones is 1. The number of para-hydroxylation sites is 2. The summed E-state index contributed by atoms with van der Waals surface area (Å²) in [6.45, 7) is 0. The van der Waals surface area contributed by atoms with Crippen LogP contribution in [-0.4, -0.2) is 16.5 Å². The van der Waals surface area contributed by atoms with E-state index < -0.39 is 0 Å². The summed E-state index contributed by atoms with van der Waals surface area (Å²) >= 11 is 0. The van der Waals surface area contributed by atoms with Gasteiger partial charge < -0.3 is 4.98 Å². The van der Waals surface area contributed by atoms with Crippen molar-refractivity contribution in [2.75, 3.05) is 0 Å². The fourth-order valence-electron chi connectivity index (χ4n) is 3.51. The number of aliphatic imine (C=N–C) groups is 1. The van der Waals surface area contributed by atoms with E-state index >= 15 is 0 Å². The molecule has 124 valence electrons. The maximum atomic E-state index is 14.0. The highest BCUT2D eigenvalue weighted by Crippen LogP contribution is 2.35. The Balaban J connectivity index is 1.72. The Morgan fingerprint density at radius 1 is 0.769 bits per heavy atom. The number of nitrogens with one attached hydrogen (secondary N) is 1. The summed E-state index contributed by atoms with van der Waals surface area (Å²) in [5.41, 5.74) is 4.63. The number of carbonyl (C=O) groups excluding carboxylic acids is 1. The molecule has 2 heterocycles. The molecule has 3 nitrogen and oxygen atoms in total. The number of benzene rings is 3. The normalized spacial score (nSPS) is 13.1. The quantitative estimate of drug-likeness (QED) is 0.529. The van der Waals surface area contributed by atoms with Gasteiger partial charge in [0.1, 0.15) is 11.5 Å². The lowest BCUT2D eigenvalue weighted by molar-refractivity contribution is 0.107. The summed E-state index contributed by atoms with van der Waals surface area (Å²) < 4.78 is 14.0. The van der Waals surface area contributed by atoms with E-state index in [1.165, 1.54) is 6.07 Å². The van der Waals surface area contributed by atoms with Crippen LogP contribution in [-0.2, 0) is 0 Å². The fourth-order valence-corrected chi connectivity index (χ4v) is 3.51. The molecular weight excluding hydrogens is 327 g/mol. The van der Waals surface area contributed by atoms with E-state index in [0.717, 1.165) is 22.1 Å². The molecule has 0 atom stereocenters. The summed E-state index contributed by atoms with van der Waals surface area (Å²) in [7, 11) is 0. The zero-order chi connectivity index (χ0) is 17.7. The van der Waals surface area contributed by atoms with Gasteiger partial charge in [-0.1, -0.05) is 48.5 Å². The molecular formula is C22H13FN2O. The van der Waals surface area contributed by atoms with Gasteiger partial charge in [0.15, 0.2) is 0 Å². The average Bonchev–Trinajstić information content (AvgIpc) is 3.25. The number of fused-ring (bicyclic) bond motifs is 2. The van der Waals surface area contributed by atoms with Crippen LogP contribution in [0.4, 0.5) is 10.1 Å². The molecule has 0 saturated heterocycles. The molecule has 0 aliphatic carbocycles. The summed E-state index contributed by atoms with van der Waals surface area (Å²) in [6.07, 6.45) is 1.78. The maximum Gasteiger partial charge on any atom is 0.214 e. The number of hydrogen-bond acceptors (Lipinski definition) is 2. The van der Waals surface area contributed by atoms with E-state index in [4.69, 9.17) is 0 Å². The van der Waals surface area contributed by atoms with Gasteiger partial charge in [-0.15, -0.1) is 0 Å². The van der Waals surface area contributed by atoms with Crippen molar-refractivity contribution >= 4 is 28.1 Å². The number of rotatable bonds is 2. The second-order valence-electron chi connectivity index (χ2n) is 6.22. The van der Waals surface area contributed by atoms with E-state index in [-0.39, 0.29) is 11.6 Å². The van der Waals surface area contributed by atoms with Gasteiger partial charge in [0.05, 0.1) is 11.2 Å². The van der Waals surface area contributed by atoms with E-state index in [9.17, 15) is 9.18 Å². The van der Waals surface area contributed by atoms with Crippen LogP contribution in [0.15, 0.2) is 77.9 Å². The van der Waals surface area contributed by atoms with Gasteiger partial charge in [-0.05, 0) is 23.8 Å². The summed E-state index contributed by atoms with van der Waals surface area (Å²) in [4.78, 5) is 20.4. The minimum atomic E-state index is -0.298. The van der Waals surface area contributed by atoms with Crippen LogP contribution in [0.25, 0.3) is 22.0 Å². The minimum absolute atomic E-state index is 0.0842. The highest BCUT2D eigenvalue weighted by Gasteiger charge is 2.27. The molecule has 0 radical (unpaired) electrons. The molecule has 1 aliphatic rings. The van der Waals surface area contributed by atoms with Gasteiger partial charge in [0.2, 0.25) is 5.78 Å². The van der Waals surface area contributed by atoms with Gasteiger partial charge in [-0.3, -0.25) is 4.79 Å². The lowest BCUT2D eigenvalue weighted by Gasteiger charge is -2.08. The second kappa shape index (κ2) is 5.49. The van der Waals surface area contributed by atoms with E-state index in [1.807, 2.05) is 48.5 Å². The third-order valence-corrected chi connectivity index (χ3v) is 4.73. The average molecular weight is 340 g/mol. The minimum Gasteiger partial charge on any atom is -0.358 e. The van der Waals surface area contributed by atoms with Crippen LogP contribution in [0.2, 0.25) is 0 Å². The summed E-state index contributed by atoms with van der Waals surface area (Å²) in [6, 6.07) is 19.9. The molecule has 0 saturated carbocycles. The SMILES string of the molecule is O=C1C(c2ccccc2-c2c[nH]c3c(F)cccc23)=Nc2ccccc21. The zero-order valence-corrected chi connectivity index (χ0v) is 13.7.